The maximum atomic E-state index is 11.8. The molecule has 1 aromatic carbocycles. The summed E-state index contributed by atoms with van der Waals surface area (Å²) in [6, 6.07) is 7.76. The molecule has 0 atom stereocenters. The highest BCUT2D eigenvalue weighted by Gasteiger charge is 2.28. The van der Waals surface area contributed by atoms with Gasteiger partial charge in [-0.3, -0.25) is 4.79 Å². The largest absolute Gasteiger partial charge is 0.494 e. The van der Waals surface area contributed by atoms with E-state index in [4.69, 9.17) is 14.2 Å². The molecule has 0 bridgehead atoms. The van der Waals surface area contributed by atoms with E-state index >= 15 is 0 Å². The highest BCUT2D eigenvalue weighted by molar-refractivity contribution is 7.80. The fourth-order valence-corrected chi connectivity index (χ4v) is 2.72. The van der Waals surface area contributed by atoms with Gasteiger partial charge in [-0.2, -0.15) is 12.6 Å². The van der Waals surface area contributed by atoms with E-state index in [0.29, 0.717) is 13.2 Å². The smallest absolute Gasteiger partial charge is 0.311 e. The molecule has 1 aromatic rings. The van der Waals surface area contributed by atoms with E-state index in [-0.39, 0.29) is 5.97 Å². The highest BCUT2D eigenvalue weighted by Crippen LogP contribution is 2.25. The second-order valence-electron chi connectivity index (χ2n) is 7.01. The third kappa shape index (κ3) is 9.37. The molecule has 0 saturated carbocycles. The summed E-state index contributed by atoms with van der Waals surface area (Å²) in [5.41, 5.74) is -0.429. The number of thiol groups is 1. The normalized spacial score (nSPS) is 11.2. The second-order valence-corrected chi connectivity index (χ2v) is 7.46. The Morgan fingerprint density at radius 2 is 1.46 bits per heavy atom. The van der Waals surface area contributed by atoms with Gasteiger partial charge in [-0.1, -0.05) is 0 Å². The summed E-state index contributed by atoms with van der Waals surface area (Å²) in [4.78, 5) is 11.8. The molecule has 0 radical (unpaired) electrons. The molecule has 4 nitrogen and oxygen atoms in total. The molecule has 0 aromatic heterocycles. The zero-order chi connectivity index (χ0) is 19.3. The average molecular weight is 383 g/mol. The van der Waals surface area contributed by atoms with Crippen LogP contribution in [-0.2, 0) is 9.53 Å². The van der Waals surface area contributed by atoms with Gasteiger partial charge in [-0.15, -0.1) is 0 Å². The van der Waals surface area contributed by atoms with Gasteiger partial charge in [0.2, 0.25) is 0 Å². The minimum Gasteiger partial charge on any atom is -0.494 e. The van der Waals surface area contributed by atoms with E-state index in [1.165, 1.54) is 0 Å². The zero-order valence-corrected chi connectivity index (χ0v) is 17.4. The van der Waals surface area contributed by atoms with Crippen LogP contribution in [0.15, 0.2) is 24.3 Å². The van der Waals surface area contributed by atoms with Crippen LogP contribution in [0.5, 0.6) is 11.5 Å². The van der Waals surface area contributed by atoms with Gasteiger partial charge in [0.1, 0.15) is 11.5 Å². The van der Waals surface area contributed by atoms with Crippen molar-refractivity contribution >= 4 is 18.6 Å². The maximum absolute atomic E-state index is 11.8. The molecule has 148 valence electrons. The number of esters is 1. The van der Waals surface area contributed by atoms with Gasteiger partial charge in [-0.25, -0.2) is 0 Å². The number of rotatable bonds is 14. The Bertz CT molecular complexity index is 499. The molecule has 1 rings (SSSR count). The summed E-state index contributed by atoms with van der Waals surface area (Å²) >= 11 is 4.20. The number of ether oxygens (including phenoxy) is 3. The van der Waals surface area contributed by atoms with Crippen LogP contribution in [0, 0.1) is 5.41 Å². The molecule has 26 heavy (non-hydrogen) atoms. The standard InChI is InChI=1S/C21H34O4S/c1-4-23-20(22)21(2,3)14-6-8-16-25-19-12-10-18(11-13-19)24-15-7-5-9-17-26/h10-13,26H,4-9,14-17H2,1-3H3. The zero-order valence-electron chi connectivity index (χ0n) is 16.5. The monoisotopic (exact) mass is 382 g/mol. The Balaban J connectivity index is 2.18. The summed E-state index contributed by atoms with van der Waals surface area (Å²) in [5.74, 6) is 2.53. The van der Waals surface area contributed by atoms with Crippen molar-refractivity contribution in [1.82, 2.24) is 0 Å². The molecule has 0 saturated heterocycles. The molecule has 0 spiro atoms. The molecule has 0 heterocycles. The van der Waals surface area contributed by atoms with Gasteiger partial charge in [-0.05, 0) is 89.3 Å². The summed E-state index contributed by atoms with van der Waals surface area (Å²) < 4.78 is 16.6. The van der Waals surface area contributed by atoms with Crippen molar-refractivity contribution in [3.8, 4) is 11.5 Å². The molecule has 0 aliphatic rings. The highest BCUT2D eigenvalue weighted by atomic mass is 32.1. The third-order valence-corrected chi connectivity index (χ3v) is 4.50. The number of carbonyl (C=O) groups is 1. The van der Waals surface area contributed by atoms with E-state index < -0.39 is 5.41 Å². The summed E-state index contributed by atoms with van der Waals surface area (Å²) in [6.45, 7) is 7.52. The lowest BCUT2D eigenvalue weighted by atomic mass is 9.87. The van der Waals surface area contributed by atoms with Gasteiger partial charge in [0, 0.05) is 0 Å². The van der Waals surface area contributed by atoms with Crippen molar-refractivity contribution in [2.75, 3.05) is 25.6 Å². The molecule has 0 amide bonds. The van der Waals surface area contributed by atoms with E-state index in [1.54, 1.807) is 0 Å². The Hall–Kier alpha value is -1.36. The van der Waals surface area contributed by atoms with Gasteiger partial charge < -0.3 is 14.2 Å². The van der Waals surface area contributed by atoms with Gasteiger partial charge in [0.15, 0.2) is 0 Å². The maximum Gasteiger partial charge on any atom is 0.311 e. The number of unbranched alkanes of at least 4 members (excludes halogenated alkanes) is 3. The van der Waals surface area contributed by atoms with Crippen LogP contribution in [0.1, 0.15) is 59.3 Å². The van der Waals surface area contributed by atoms with Crippen molar-refractivity contribution in [2.24, 2.45) is 5.41 Å². The van der Waals surface area contributed by atoms with Crippen molar-refractivity contribution in [3.05, 3.63) is 24.3 Å². The van der Waals surface area contributed by atoms with Crippen molar-refractivity contribution < 1.29 is 19.0 Å². The SMILES string of the molecule is CCOC(=O)C(C)(C)CCCCOc1ccc(OCCCCCS)cc1. The second kappa shape index (κ2) is 12.9. The third-order valence-electron chi connectivity index (χ3n) is 4.19. The predicted molar refractivity (Wildman–Crippen MR) is 109 cm³/mol. The summed E-state index contributed by atoms with van der Waals surface area (Å²) in [6.07, 6.45) is 5.98. The lowest BCUT2D eigenvalue weighted by Crippen LogP contribution is -2.26. The number of hydrogen-bond acceptors (Lipinski definition) is 5. The van der Waals surface area contributed by atoms with Gasteiger partial charge in [0.25, 0.3) is 0 Å². The fraction of sp³-hybridized carbons (Fsp3) is 0.667. The van der Waals surface area contributed by atoms with Crippen LogP contribution < -0.4 is 9.47 Å². The predicted octanol–water partition coefficient (Wildman–Crippen LogP) is 5.30. The topological polar surface area (TPSA) is 44.8 Å². The Labute approximate surface area is 164 Å². The molecular formula is C21H34O4S. The van der Waals surface area contributed by atoms with E-state index in [9.17, 15) is 4.79 Å². The van der Waals surface area contributed by atoms with E-state index in [0.717, 1.165) is 62.4 Å². The fourth-order valence-electron chi connectivity index (χ4n) is 2.50. The first kappa shape index (κ1) is 22.7. The Morgan fingerprint density at radius 1 is 0.923 bits per heavy atom. The van der Waals surface area contributed by atoms with Gasteiger partial charge in [0.05, 0.1) is 25.2 Å². The molecule has 0 N–H and O–H groups in total. The van der Waals surface area contributed by atoms with Crippen LogP contribution in [0.4, 0.5) is 0 Å². The summed E-state index contributed by atoms with van der Waals surface area (Å²) in [5, 5.41) is 0. The lowest BCUT2D eigenvalue weighted by Gasteiger charge is -2.21. The van der Waals surface area contributed by atoms with Crippen LogP contribution in [0.2, 0.25) is 0 Å². The number of hydrogen-bond donors (Lipinski definition) is 1. The minimum atomic E-state index is -0.429. The first-order chi connectivity index (χ1) is 12.5. The molecule has 0 unspecified atom stereocenters. The van der Waals surface area contributed by atoms with Crippen molar-refractivity contribution in [1.29, 1.82) is 0 Å². The molecule has 5 heteroatoms. The van der Waals surface area contributed by atoms with Gasteiger partial charge >= 0.3 is 5.97 Å². The van der Waals surface area contributed by atoms with Crippen molar-refractivity contribution in [2.45, 2.75) is 59.3 Å². The average Bonchev–Trinajstić information content (AvgIpc) is 2.62. The Kier molecular flexibility index (Phi) is 11.3. The molecule has 0 aliphatic heterocycles. The number of carbonyl (C=O) groups excluding carboxylic acids is 1. The van der Waals surface area contributed by atoms with E-state index in [1.807, 2.05) is 45.0 Å². The van der Waals surface area contributed by atoms with Crippen LogP contribution >= 0.6 is 12.6 Å². The first-order valence-corrected chi connectivity index (χ1v) is 10.3. The molecule has 0 aliphatic carbocycles. The van der Waals surface area contributed by atoms with Crippen LogP contribution in [0.25, 0.3) is 0 Å². The first-order valence-electron chi connectivity index (χ1n) is 9.63. The lowest BCUT2D eigenvalue weighted by molar-refractivity contribution is -0.153. The van der Waals surface area contributed by atoms with Crippen LogP contribution in [0.3, 0.4) is 0 Å². The van der Waals surface area contributed by atoms with Crippen molar-refractivity contribution in [3.63, 3.8) is 0 Å². The quantitative estimate of drug-likeness (QED) is 0.269. The molecule has 0 fully saturated rings. The summed E-state index contributed by atoms with van der Waals surface area (Å²) in [7, 11) is 0. The number of benzene rings is 1. The Morgan fingerprint density at radius 3 is 1.96 bits per heavy atom. The minimum absolute atomic E-state index is 0.123. The van der Waals surface area contributed by atoms with Crippen LogP contribution in [-0.4, -0.2) is 31.5 Å². The molecular weight excluding hydrogens is 348 g/mol. The van der Waals surface area contributed by atoms with E-state index in [2.05, 4.69) is 12.6 Å².